The molecule has 0 atom stereocenters. The van der Waals surface area contributed by atoms with Gasteiger partial charge in [-0.05, 0) is 67.3 Å². The Bertz CT molecular complexity index is 774. The predicted molar refractivity (Wildman–Crippen MR) is 105 cm³/mol. The maximum Gasteiger partial charge on any atom is 0.185 e. The maximum absolute atomic E-state index is 12.4. The Labute approximate surface area is 155 Å². The van der Waals surface area contributed by atoms with Gasteiger partial charge in [-0.15, -0.1) is 0 Å². The fraction of sp³-hybridized carbons (Fsp3) is 0.318. The van der Waals surface area contributed by atoms with E-state index in [0.29, 0.717) is 17.1 Å². The molecule has 0 unspecified atom stereocenters. The summed E-state index contributed by atoms with van der Waals surface area (Å²) in [6, 6.07) is 13.5. The monoisotopic (exact) mass is 351 g/mol. The van der Waals surface area contributed by atoms with Gasteiger partial charge in [0.05, 0.1) is 14.2 Å². The van der Waals surface area contributed by atoms with Gasteiger partial charge in [0.15, 0.2) is 17.3 Å². The van der Waals surface area contributed by atoms with E-state index in [4.69, 9.17) is 9.47 Å². The van der Waals surface area contributed by atoms with Crippen LogP contribution in [0.3, 0.4) is 0 Å². The van der Waals surface area contributed by atoms with Crippen LogP contribution >= 0.6 is 0 Å². The highest BCUT2D eigenvalue weighted by Gasteiger charge is 2.11. The lowest BCUT2D eigenvalue weighted by molar-refractivity contribution is 0.104. The molecular formula is C22H25NO3. The van der Waals surface area contributed by atoms with E-state index in [9.17, 15) is 4.79 Å². The Morgan fingerprint density at radius 2 is 1.62 bits per heavy atom. The second-order valence-corrected chi connectivity index (χ2v) is 6.41. The quantitative estimate of drug-likeness (QED) is 0.564. The number of carbonyl (C=O) groups is 1. The number of anilines is 1. The summed E-state index contributed by atoms with van der Waals surface area (Å²) in [6.45, 7) is 2.21. The van der Waals surface area contributed by atoms with Crippen LogP contribution in [0.5, 0.6) is 11.5 Å². The topological polar surface area (TPSA) is 38.8 Å². The van der Waals surface area contributed by atoms with Crippen molar-refractivity contribution >= 4 is 17.5 Å². The molecule has 136 valence electrons. The molecule has 4 heteroatoms. The molecule has 0 aromatic heterocycles. The zero-order valence-electron chi connectivity index (χ0n) is 15.4. The lowest BCUT2D eigenvalue weighted by atomic mass is 10.1. The van der Waals surface area contributed by atoms with Crippen LogP contribution in [0.4, 0.5) is 5.69 Å². The molecule has 0 bridgehead atoms. The summed E-state index contributed by atoms with van der Waals surface area (Å²) in [6.07, 6.45) is 7.19. The zero-order chi connectivity index (χ0) is 18.4. The summed E-state index contributed by atoms with van der Waals surface area (Å²) in [5, 5.41) is 0. The van der Waals surface area contributed by atoms with Crippen LogP contribution in [0.25, 0.3) is 6.08 Å². The van der Waals surface area contributed by atoms with Crippen LogP contribution in [0.1, 0.15) is 35.2 Å². The first kappa shape index (κ1) is 18.1. The molecule has 0 N–H and O–H groups in total. The molecule has 0 spiro atoms. The minimum atomic E-state index is -0.00928. The second-order valence-electron chi connectivity index (χ2n) is 6.41. The van der Waals surface area contributed by atoms with Gasteiger partial charge in [0.2, 0.25) is 0 Å². The molecule has 1 heterocycles. The van der Waals surface area contributed by atoms with E-state index in [1.165, 1.54) is 24.9 Å². The number of ether oxygens (including phenoxy) is 2. The summed E-state index contributed by atoms with van der Waals surface area (Å²) in [5.74, 6) is 1.31. The van der Waals surface area contributed by atoms with E-state index >= 15 is 0 Å². The standard InChI is InChI=1S/C22H25NO3/c1-25-21-13-7-17(16-22(21)26-2)6-12-20(24)18-8-10-19(11-9-18)23-14-4-3-5-15-23/h6-13,16H,3-5,14-15H2,1-2H3/b12-6+. The Hall–Kier alpha value is -2.75. The van der Waals surface area contributed by atoms with Crippen molar-refractivity contribution in [2.24, 2.45) is 0 Å². The number of piperidine rings is 1. The smallest absolute Gasteiger partial charge is 0.185 e. The van der Waals surface area contributed by atoms with Gasteiger partial charge >= 0.3 is 0 Å². The predicted octanol–water partition coefficient (Wildman–Crippen LogP) is 4.59. The molecule has 4 nitrogen and oxygen atoms in total. The molecule has 0 radical (unpaired) electrons. The van der Waals surface area contributed by atoms with Gasteiger partial charge < -0.3 is 14.4 Å². The molecule has 1 saturated heterocycles. The summed E-state index contributed by atoms with van der Waals surface area (Å²) < 4.78 is 10.5. The summed E-state index contributed by atoms with van der Waals surface area (Å²) in [5.41, 5.74) is 2.79. The van der Waals surface area contributed by atoms with E-state index in [2.05, 4.69) is 4.90 Å². The van der Waals surface area contributed by atoms with Gasteiger partial charge in [0, 0.05) is 24.3 Å². The van der Waals surface area contributed by atoms with Crippen LogP contribution in [-0.2, 0) is 0 Å². The number of methoxy groups -OCH3 is 2. The van der Waals surface area contributed by atoms with Crippen molar-refractivity contribution in [2.45, 2.75) is 19.3 Å². The van der Waals surface area contributed by atoms with Gasteiger partial charge in [0.1, 0.15) is 0 Å². The molecular weight excluding hydrogens is 326 g/mol. The number of hydrogen-bond acceptors (Lipinski definition) is 4. The third-order valence-electron chi connectivity index (χ3n) is 4.71. The fourth-order valence-electron chi connectivity index (χ4n) is 3.21. The normalized spacial score (nSPS) is 14.5. The second kappa shape index (κ2) is 8.56. The molecule has 2 aromatic rings. The highest BCUT2D eigenvalue weighted by atomic mass is 16.5. The first-order valence-corrected chi connectivity index (χ1v) is 9.01. The largest absolute Gasteiger partial charge is 0.493 e. The van der Waals surface area contributed by atoms with Gasteiger partial charge in [0.25, 0.3) is 0 Å². The van der Waals surface area contributed by atoms with Crippen molar-refractivity contribution in [2.75, 3.05) is 32.2 Å². The number of benzene rings is 2. The minimum absolute atomic E-state index is 0.00928. The number of nitrogens with zero attached hydrogens (tertiary/aromatic N) is 1. The molecule has 0 amide bonds. The van der Waals surface area contributed by atoms with Crippen molar-refractivity contribution in [1.29, 1.82) is 0 Å². The van der Waals surface area contributed by atoms with Crippen molar-refractivity contribution in [3.05, 3.63) is 59.7 Å². The lowest BCUT2D eigenvalue weighted by Gasteiger charge is -2.28. The van der Waals surface area contributed by atoms with Crippen molar-refractivity contribution < 1.29 is 14.3 Å². The zero-order valence-corrected chi connectivity index (χ0v) is 15.4. The highest BCUT2D eigenvalue weighted by molar-refractivity contribution is 6.07. The molecule has 0 saturated carbocycles. The third kappa shape index (κ3) is 4.26. The van der Waals surface area contributed by atoms with Crippen LogP contribution in [0, 0.1) is 0 Å². The van der Waals surface area contributed by atoms with Gasteiger partial charge in [-0.1, -0.05) is 12.1 Å². The van der Waals surface area contributed by atoms with Crippen molar-refractivity contribution in [1.82, 2.24) is 0 Å². The van der Waals surface area contributed by atoms with Gasteiger partial charge in [-0.2, -0.15) is 0 Å². The summed E-state index contributed by atoms with van der Waals surface area (Å²) >= 11 is 0. The average molecular weight is 351 g/mol. The number of ketones is 1. The van der Waals surface area contributed by atoms with Gasteiger partial charge in [-0.25, -0.2) is 0 Å². The Balaban J connectivity index is 1.68. The highest BCUT2D eigenvalue weighted by Crippen LogP contribution is 2.28. The summed E-state index contributed by atoms with van der Waals surface area (Å²) in [4.78, 5) is 14.8. The number of hydrogen-bond donors (Lipinski definition) is 0. The molecule has 1 aliphatic rings. The Kier molecular flexibility index (Phi) is 5.95. The summed E-state index contributed by atoms with van der Waals surface area (Å²) in [7, 11) is 3.20. The first-order chi connectivity index (χ1) is 12.7. The molecule has 2 aromatic carbocycles. The molecule has 0 aliphatic carbocycles. The van der Waals surface area contributed by atoms with Crippen LogP contribution in [-0.4, -0.2) is 33.1 Å². The van der Waals surface area contributed by atoms with Crippen LogP contribution in [0.2, 0.25) is 0 Å². The molecule has 26 heavy (non-hydrogen) atoms. The minimum Gasteiger partial charge on any atom is -0.493 e. The number of allylic oxidation sites excluding steroid dienone is 1. The number of rotatable bonds is 6. The molecule has 3 rings (SSSR count). The van der Waals surface area contributed by atoms with E-state index in [1.54, 1.807) is 26.4 Å². The average Bonchev–Trinajstić information content (AvgIpc) is 2.72. The SMILES string of the molecule is COc1ccc(/C=C/C(=O)c2ccc(N3CCCCC3)cc2)cc1OC. The van der Waals surface area contributed by atoms with Crippen LogP contribution in [0.15, 0.2) is 48.5 Å². The van der Waals surface area contributed by atoms with Crippen molar-refractivity contribution in [3.8, 4) is 11.5 Å². The van der Waals surface area contributed by atoms with Crippen LogP contribution < -0.4 is 14.4 Å². The molecule has 1 aliphatic heterocycles. The lowest BCUT2D eigenvalue weighted by Crippen LogP contribution is -2.29. The Morgan fingerprint density at radius 3 is 2.27 bits per heavy atom. The van der Waals surface area contributed by atoms with E-state index < -0.39 is 0 Å². The Morgan fingerprint density at radius 1 is 0.923 bits per heavy atom. The van der Waals surface area contributed by atoms with E-state index in [-0.39, 0.29) is 5.78 Å². The van der Waals surface area contributed by atoms with E-state index in [0.717, 1.165) is 18.7 Å². The maximum atomic E-state index is 12.4. The molecule has 1 fully saturated rings. The van der Waals surface area contributed by atoms with Gasteiger partial charge in [-0.3, -0.25) is 4.79 Å². The third-order valence-corrected chi connectivity index (χ3v) is 4.71. The van der Waals surface area contributed by atoms with Crippen molar-refractivity contribution in [3.63, 3.8) is 0 Å². The van der Waals surface area contributed by atoms with E-state index in [1.807, 2.05) is 42.5 Å². The first-order valence-electron chi connectivity index (χ1n) is 9.01. The number of carbonyl (C=O) groups excluding carboxylic acids is 1. The fourth-order valence-corrected chi connectivity index (χ4v) is 3.21.